The van der Waals surface area contributed by atoms with Gasteiger partial charge in [-0.05, 0) is 22.0 Å². The van der Waals surface area contributed by atoms with Crippen molar-refractivity contribution in [3.8, 4) is 0 Å². The molecule has 2 N–H and O–H groups in total. The summed E-state index contributed by atoms with van der Waals surface area (Å²) in [7, 11) is 1.84. The Morgan fingerprint density at radius 2 is 2.21 bits per heavy atom. The Morgan fingerprint density at radius 1 is 1.42 bits per heavy atom. The van der Waals surface area contributed by atoms with E-state index in [4.69, 9.17) is 5.73 Å². The molecule has 6 nitrogen and oxygen atoms in total. The Hall–Kier alpha value is -1.96. The molecule has 0 amide bonds. The standard InChI is InChI=1S/C11H10BrFN6/c1-18-5-15-17-10(18)4-19-9-3-7(13)6(12)2-8(9)16-11(19)14/h2-3,5H,4H2,1H3,(H2,14,16). The minimum absolute atomic E-state index is 0.315. The van der Waals surface area contributed by atoms with Gasteiger partial charge in [-0.25, -0.2) is 9.37 Å². The van der Waals surface area contributed by atoms with Gasteiger partial charge < -0.3 is 14.9 Å². The van der Waals surface area contributed by atoms with Gasteiger partial charge in [0.15, 0.2) is 5.82 Å². The lowest BCUT2D eigenvalue weighted by molar-refractivity contribution is 0.621. The summed E-state index contributed by atoms with van der Waals surface area (Å²) in [4.78, 5) is 4.21. The maximum absolute atomic E-state index is 13.6. The highest BCUT2D eigenvalue weighted by Gasteiger charge is 2.13. The number of benzene rings is 1. The number of imidazole rings is 1. The smallest absolute Gasteiger partial charge is 0.201 e. The van der Waals surface area contributed by atoms with Crippen LogP contribution in [0.2, 0.25) is 0 Å². The predicted octanol–water partition coefficient (Wildman–Crippen LogP) is 1.70. The number of nitrogens with two attached hydrogens (primary N) is 1. The molecule has 0 bridgehead atoms. The van der Waals surface area contributed by atoms with Crippen molar-refractivity contribution in [2.24, 2.45) is 7.05 Å². The second-order valence-corrected chi connectivity index (χ2v) is 5.02. The van der Waals surface area contributed by atoms with Crippen LogP contribution in [0.5, 0.6) is 0 Å². The van der Waals surface area contributed by atoms with Gasteiger partial charge in [-0.2, -0.15) is 0 Å². The van der Waals surface area contributed by atoms with Crippen molar-refractivity contribution < 1.29 is 4.39 Å². The zero-order valence-corrected chi connectivity index (χ0v) is 11.6. The molecule has 2 heterocycles. The van der Waals surface area contributed by atoms with Crippen LogP contribution in [-0.2, 0) is 13.6 Å². The summed E-state index contributed by atoms with van der Waals surface area (Å²) in [5.41, 5.74) is 7.14. The topological polar surface area (TPSA) is 74.5 Å². The number of nitrogen functional groups attached to an aromatic ring is 1. The average molecular weight is 325 g/mol. The minimum Gasteiger partial charge on any atom is -0.369 e. The first-order chi connectivity index (χ1) is 9.06. The Balaban J connectivity index is 2.15. The van der Waals surface area contributed by atoms with E-state index in [2.05, 4.69) is 31.1 Å². The largest absolute Gasteiger partial charge is 0.369 e. The second-order valence-electron chi connectivity index (χ2n) is 4.17. The molecular formula is C11H10BrFN6. The van der Waals surface area contributed by atoms with Crippen LogP contribution < -0.4 is 5.73 Å². The fraction of sp³-hybridized carbons (Fsp3) is 0.182. The van der Waals surface area contributed by atoms with Crippen molar-refractivity contribution in [3.05, 3.63) is 34.6 Å². The first kappa shape index (κ1) is 12.1. The maximum atomic E-state index is 13.6. The van der Waals surface area contributed by atoms with Crippen molar-refractivity contribution >= 4 is 32.9 Å². The zero-order valence-electron chi connectivity index (χ0n) is 10.0. The molecule has 3 rings (SSSR count). The highest BCUT2D eigenvalue weighted by atomic mass is 79.9. The SMILES string of the molecule is Cn1cnnc1Cn1c(N)nc2cc(Br)c(F)cc21. The van der Waals surface area contributed by atoms with E-state index in [1.165, 1.54) is 6.07 Å². The van der Waals surface area contributed by atoms with Crippen molar-refractivity contribution in [1.29, 1.82) is 0 Å². The quantitative estimate of drug-likeness (QED) is 0.778. The van der Waals surface area contributed by atoms with Gasteiger partial charge in [-0.1, -0.05) is 0 Å². The molecule has 0 aliphatic carbocycles. The lowest BCUT2D eigenvalue weighted by Crippen LogP contribution is -2.08. The van der Waals surface area contributed by atoms with E-state index in [-0.39, 0.29) is 5.82 Å². The fourth-order valence-corrected chi connectivity index (χ4v) is 2.23. The van der Waals surface area contributed by atoms with E-state index < -0.39 is 0 Å². The molecule has 0 unspecified atom stereocenters. The molecule has 8 heteroatoms. The van der Waals surface area contributed by atoms with Gasteiger partial charge in [-0.15, -0.1) is 10.2 Å². The number of aryl methyl sites for hydroxylation is 1. The Morgan fingerprint density at radius 3 is 2.89 bits per heavy atom. The van der Waals surface area contributed by atoms with Crippen molar-refractivity contribution in [3.63, 3.8) is 0 Å². The van der Waals surface area contributed by atoms with Crippen LogP contribution in [0.15, 0.2) is 22.9 Å². The zero-order chi connectivity index (χ0) is 13.6. The van der Waals surface area contributed by atoms with Crippen molar-refractivity contribution in [2.75, 3.05) is 5.73 Å². The molecule has 19 heavy (non-hydrogen) atoms. The number of halogens is 2. The number of hydrogen-bond donors (Lipinski definition) is 1. The minimum atomic E-state index is -0.355. The summed E-state index contributed by atoms with van der Waals surface area (Å²) < 4.78 is 17.5. The summed E-state index contributed by atoms with van der Waals surface area (Å²) in [5, 5.41) is 7.78. The number of rotatable bonds is 2. The third kappa shape index (κ3) is 1.97. The van der Waals surface area contributed by atoms with Gasteiger partial charge in [0.25, 0.3) is 0 Å². The molecule has 0 fully saturated rings. The molecule has 0 saturated carbocycles. The molecule has 0 aliphatic rings. The Kier molecular flexibility index (Phi) is 2.74. The second kappa shape index (κ2) is 4.30. The van der Waals surface area contributed by atoms with Gasteiger partial charge in [0, 0.05) is 13.1 Å². The van der Waals surface area contributed by atoms with Gasteiger partial charge in [-0.3, -0.25) is 0 Å². The molecule has 0 aliphatic heterocycles. The monoisotopic (exact) mass is 324 g/mol. The number of hydrogen-bond acceptors (Lipinski definition) is 4. The first-order valence-corrected chi connectivity index (χ1v) is 6.29. The summed E-state index contributed by atoms with van der Waals surface area (Å²) in [6.07, 6.45) is 1.60. The molecule has 98 valence electrons. The summed E-state index contributed by atoms with van der Waals surface area (Å²) in [6, 6.07) is 3.01. The molecular weight excluding hydrogens is 315 g/mol. The summed E-state index contributed by atoms with van der Waals surface area (Å²) >= 11 is 3.13. The molecule has 3 aromatic rings. The van der Waals surface area contributed by atoms with Crippen LogP contribution in [0.4, 0.5) is 10.3 Å². The number of aromatic nitrogens is 5. The number of fused-ring (bicyclic) bond motifs is 1. The number of anilines is 1. The van der Waals surface area contributed by atoms with Gasteiger partial charge >= 0.3 is 0 Å². The van der Waals surface area contributed by atoms with Crippen molar-refractivity contribution in [1.82, 2.24) is 24.3 Å². The third-order valence-electron chi connectivity index (χ3n) is 2.92. The van der Waals surface area contributed by atoms with E-state index in [1.807, 2.05) is 7.05 Å². The van der Waals surface area contributed by atoms with E-state index in [1.54, 1.807) is 21.5 Å². The lowest BCUT2D eigenvalue weighted by Gasteiger charge is -2.06. The van der Waals surface area contributed by atoms with E-state index in [9.17, 15) is 4.39 Å². The van der Waals surface area contributed by atoms with Crippen LogP contribution in [0.3, 0.4) is 0 Å². The third-order valence-corrected chi connectivity index (χ3v) is 3.53. The molecule has 0 radical (unpaired) electrons. The lowest BCUT2D eigenvalue weighted by atomic mass is 10.3. The predicted molar refractivity (Wildman–Crippen MR) is 71.9 cm³/mol. The van der Waals surface area contributed by atoms with Gasteiger partial charge in [0.1, 0.15) is 12.1 Å². The number of nitrogens with zero attached hydrogens (tertiary/aromatic N) is 5. The Bertz CT molecular complexity index is 762. The van der Waals surface area contributed by atoms with Crippen LogP contribution in [0.1, 0.15) is 5.82 Å². The van der Waals surface area contributed by atoms with E-state index in [0.717, 1.165) is 0 Å². The molecule has 0 saturated heterocycles. The van der Waals surface area contributed by atoms with Crippen molar-refractivity contribution in [2.45, 2.75) is 6.54 Å². The normalized spacial score (nSPS) is 11.3. The van der Waals surface area contributed by atoms with E-state index in [0.29, 0.717) is 33.8 Å². The molecule has 0 spiro atoms. The maximum Gasteiger partial charge on any atom is 0.201 e. The summed E-state index contributed by atoms with van der Waals surface area (Å²) in [6.45, 7) is 0.389. The van der Waals surface area contributed by atoms with Gasteiger partial charge in [0.2, 0.25) is 5.95 Å². The summed E-state index contributed by atoms with van der Waals surface area (Å²) in [5.74, 6) is 0.677. The van der Waals surface area contributed by atoms with Crippen LogP contribution in [-0.4, -0.2) is 24.3 Å². The average Bonchev–Trinajstić information content (AvgIpc) is 2.88. The fourth-order valence-electron chi connectivity index (χ4n) is 1.90. The molecule has 1 aromatic carbocycles. The highest BCUT2D eigenvalue weighted by Crippen LogP contribution is 2.25. The van der Waals surface area contributed by atoms with Crippen LogP contribution >= 0.6 is 15.9 Å². The first-order valence-electron chi connectivity index (χ1n) is 5.50. The molecule has 0 atom stereocenters. The van der Waals surface area contributed by atoms with Crippen LogP contribution in [0, 0.1) is 5.82 Å². The highest BCUT2D eigenvalue weighted by molar-refractivity contribution is 9.10. The van der Waals surface area contributed by atoms with Crippen LogP contribution in [0.25, 0.3) is 11.0 Å². The van der Waals surface area contributed by atoms with E-state index >= 15 is 0 Å². The van der Waals surface area contributed by atoms with Gasteiger partial charge in [0.05, 0.1) is 22.1 Å². The molecule has 2 aromatic heterocycles. The Labute approximate surface area is 116 Å².